The molecule has 0 unspecified atom stereocenters. The number of hydrogen-bond acceptors (Lipinski definition) is 3. The number of oxime groups is 1. The maximum Gasteiger partial charge on any atom is 0.130 e. The van der Waals surface area contributed by atoms with E-state index in [0.717, 1.165) is 30.3 Å². The van der Waals surface area contributed by atoms with E-state index in [0.29, 0.717) is 0 Å². The Balaban J connectivity index is 2.26. The molecule has 0 saturated heterocycles. The highest BCUT2D eigenvalue weighted by molar-refractivity contribution is 6.00. The summed E-state index contributed by atoms with van der Waals surface area (Å²) in [5.74, 6) is -1.51. The molecule has 0 fully saturated rings. The minimum absolute atomic E-state index is 0.0314. The Morgan fingerprint density at radius 3 is 2.48 bits per heavy atom. The van der Waals surface area contributed by atoms with Crippen LogP contribution in [0.3, 0.4) is 0 Å². The molecular weight excluding hydrogens is 283 g/mol. The molecule has 0 aliphatic rings. The fraction of sp³-hybridized carbons (Fsp3) is 0.133. The molecule has 21 heavy (non-hydrogen) atoms. The molecule has 2 aromatic rings. The summed E-state index contributed by atoms with van der Waals surface area (Å²) >= 11 is 0. The first-order chi connectivity index (χ1) is 10.0. The van der Waals surface area contributed by atoms with E-state index in [9.17, 15) is 13.2 Å². The molecule has 0 spiro atoms. The zero-order valence-corrected chi connectivity index (χ0v) is 11.1. The van der Waals surface area contributed by atoms with E-state index < -0.39 is 17.5 Å². The van der Waals surface area contributed by atoms with Crippen LogP contribution in [0.2, 0.25) is 0 Å². The van der Waals surface area contributed by atoms with Gasteiger partial charge in [-0.3, -0.25) is 0 Å². The number of ether oxygens (including phenoxy) is 1. The maximum absolute atomic E-state index is 13.5. The summed E-state index contributed by atoms with van der Waals surface area (Å²) in [6, 6.07) is 6.64. The molecule has 0 atom stereocenters. The molecule has 0 aromatic heterocycles. The van der Waals surface area contributed by atoms with Crippen LogP contribution in [0.5, 0.6) is 5.75 Å². The molecule has 0 saturated carbocycles. The SMILES string of the molecule is C/C(=N/O)c1cc(F)ccc1OCc1cc(F)ccc1F. The number of benzene rings is 2. The average molecular weight is 295 g/mol. The van der Waals surface area contributed by atoms with Crippen molar-refractivity contribution in [1.82, 2.24) is 0 Å². The van der Waals surface area contributed by atoms with Crippen LogP contribution in [0.15, 0.2) is 41.6 Å². The predicted octanol–water partition coefficient (Wildman–Crippen LogP) is 3.88. The monoisotopic (exact) mass is 295 g/mol. The van der Waals surface area contributed by atoms with E-state index in [1.54, 1.807) is 0 Å². The third-order valence-corrected chi connectivity index (χ3v) is 2.87. The Hall–Kier alpha value is -2.50. The number of halogens is 3. The minimum Gasteiger partial charge on any atom is -0.488 e. The van der Waals surface area contributed by atoms with Gasteiger partial charge in [0.15, 0.2) is 0 Å². The number of rotatable bonds is 4. The van der Waals surface area contributed by atoms with E-state index in [1.165, 1.54) is 13.0 Å². The average Bonchev–Trinajstić information content (AvgIpc) is 2.48. The first-order valence-corrected chi connectivity index (χ1v) is 6.06. The fourth-order valence-corrected chi connectivity index (χ4v) is 1.77. The lowest BCUT2D eigenvalue weighted by atomic mass is 10.1. The van der Waals surface area contributed by atoms with Crippen molar-refractivity contribution >= 4 is 5.71 Å². The summed E-state index contributed by atoms with van der Waals surface area (Å²) in [6.07, 6.45) is 0. The molecule has 0 amide bonds. The summed E-state index contributed by atoms with van der Waals surface area (Å²) < 4.78 is 45.1. The highest BCUT2D eigenvalue weighted by Gasteiger charge is 2.11. The van der Waals surface area contributed by atoms with Crippen molar-refractivity contribution in [3.63, 3.8) is 0 Å². The molecule has 1 N–H and O–H groups in total. The number of hydrogen-bond donors (Lipinski definition) is 1. The van der Waals surface area contributed by atoms with Crippen molar-refractivity contribution < 1.29 is 23.1 Å². The van der Waals surface area contributed by atoms with Crippen LogP contribution in [0.25, 0.3) is 0 Å². The van der Waals surface area contributed by atoms with Gasteiger partial charge in [-0.15, -0.1) is 0 Å². The molecule has 0 heterocycles. The van der Waals surface area contributed by atoms with Gasteiger partial charge in [-0.2, -0.15) is 0 Å². The third kappa shape index (κ3) is 3.53. The van der Waals surface area contributed by atoms with Gasteiger partial charge >= 0.3 is 0 Å². The molecule has 2 rings (SSSR count). The lowest BCUT2D eigenvalue weighted by molar-refractivity contribution is 0.296. The van der Waals surface area contributed by atoms with Crippen LogP contribution in [0, 0.1) is 17.5 Å². The van der Waals surface area contributed by atoms with Gasteiger partial charge in [0.05, 0.1) is 5.71 Å². The van der Waals surface area contributed by atoms with Crippen molar-refractivity contribution in [2.75, 3.05) is 0 Å². The lowest BCUT2D eigenvalue weighted by Crippen LogP contribution is -2.04. The van der Waals surface area contributed by atoms with Gasteiger partial charge in [-0.1, -0.05) is 5.16 Å². The van der Waals surface area contributed by atoms with Crippen LogP contribution < -0.4 is 4.74 Å². The summed E-state index contributed by atoms with van der Waals surface area (Å²) in [7, 11) is 0. The van der Waals surface area contributed by atoms with Crippen molar-refractivity contribution in [1.29, 1.82) is 0 Å². The van der Waals surface area contributed by atoms with Gasteiger partial charge in [-0.25, -0.2) is 13.2 Å². The van der Waals surface area contributed by atoms with Crippen molar-refractivity contribution in [2.45, 2.75) is 13.5 Å². The minimum atomic E-state index is -0.604. The van der Waals surface area contributed by atoms with Crippen LogP contribution >= 0.6 is 0 Å². The van der Waals surface area contributed by atoms with Crippen LogP contribution in [-0.2, 0) is 6.61 Å². The highest BCUT2D eigenvalue weighted by atomic mass is 19.1. The molecule has 3 nitrogen and oxygen atoms in total. The molecule has 2 aromatic carbocycles. The zero-order chi connectivity index (χ0) is 15.4. The topological polar surface area (TPSA) is 41.8 Å². The first kappa shape index (κ1) is 14.9. The zero-order valence-electron chi connectivity index (χ0n) is 11.1. The molecule has 0 bridgehead atoms. The lowest BCUT2D eigenvalue weighted by Gasteiger charge is -2.11. The van der Waals surface area contributed by atoms with Crippen LogP contribution in [0.1, 0.15) is 18.1 Å². The van der Waals surface area contributed by atoms with E-state index in [2.05, 4.69) is 5.16 Å². The predicted molar refractivity (Wildman–Crippen MR) is 71.1 cm³/mol. The van der Waals surface area contributed by atoms with Gasteiger partial charge < -0.3 is 9.94 Å². The first-order valence-electron chi connectivity index (χ1n) is 6.06. The van der Waals surface area contributed by atoms with Crippen molar-refractivity contribution in [2.24, 2.45) is 5.16 Å². The molecular formula is C15H12F3NO2. The molecule has 0 radical (unpaired) electrons. The molecule has 110 valence electrons. The van der Waals surface area contributed by atoms with E-state index >= 15 is 0 Å². The Morgan fingerprint density at radius 2 is 1.76 bits per heavy atom. The van der Waals surface area contributed by atoms with Gasteiger partial charge in [0, 0.05) is 11.1 Å². The van der Waals surface area contributed by atoms with E-state index in [-0.39, 0.29) is 29.2 Å². The Morgan fingerprint density at radius 1 is 1.10 bits per heavy atom. The van der Waals surface area contributed by atoms with Crippen LogP contribution in [0.4, 0.5) is 13.2 Å². The fourth-order valence-electron chi connectivity index (χ4n) is 1.77. The Labute approximate surface area is 119 Å². The standard InChI is InChI=1S/C15H12F3NO2/c1-9(19-20)13-7-12(17)3-5-15(13)21-8-10-6-11(16)2-4-14(10)18/h2-7,20H,8H2,1H3/b19-9-. The Kier molecular flexibility index (Phi) is 4.47. The van der Waals surface area contributed by atoms with E-state index in [1.807, 2.05) is 0 Å². The van der Waals surface area contributed by atoms with Crippen molar-refractivity contribution in [3.8, 4) is 5.75 Å². The largest absolute Gasteiger partial charge is 0.488 e. The smallest absolute Gasteiger partial charge is 0.130 e. The maximum atomic E-state index is 13.5. The summed E-state index contributed by atoms with van der Waals surface area (Å²) in [5.41, 5.74) is 0.405. The van der Waals surface area contributed by atoms with Gasteiger partial charge in [0.2, 0.25) is 0 Å². The second kappa shape index (κ2) is 6.30. The molecule has 0 aliphatic carbocycles. The normalized spacial score (nSPS) is 11.5. The van der Waals surface area contributed by atoms with Gasteiger partial charge in [-0.05, 0) is 43.3 Å². The van der Waals surface area contributed by atoms with Gasteiger partial charge in [0.1, 0.15) is 29.8 Å². The quantitative estimate of drug-likeness (QED) is 0.528. The van der Waals surface area contributed by atoms with Crippen molar-refractivity contribution in [3.05, 3.63) is 65.0 Å². The molecule has 6 heteroatoms. The second-order valence-corrected chi connectivity index (χ2v) is 4.35. The van der Waals surface area contributed by atoms with E-state index in [4.69, 9.17) is 9.94 Å². The summed E-state index contributed by atoms with van der Waals surface area (Å²) in [6.45, 7) is 1.23. The van der Waals surface area contributed by atoms with Gasteiger partial charge in [0.25, 0.3) is 0 Å². The summed E-state index contributed by atoms with van der Waals surface area (Å²) in [4.78, 5) is 0. The Bertz CT molecular complexity index is 687. The highest BCUT2D eigenvalue weighted by Crippen LogP contribution is 2.22. The summed E-state index contributed by atoms with van der Waals surface area (Å²) in [5, 5.41) is 11.8. The second-order valence-electron chi connectivity index (χ2n) is 4.35. The van der Waals surface area contributed by atoms with Crippen LogP contribution in [-0.4, -0.2) is 10.9 Å². The number of nitrogens with zero attached hydrogens (tertiary/aromatic N) is 1. The molecule has 0 aliphatic heterocycles. The third-order valence-electron chi connectivity index (χ3n) is 2.87.